The van der Waals surface area contributed by atoms with E-state index in [0.717, 1.165) is 24.5 Å². The third-order valence-electron chi connectivity index (χ3n) is 4.80. The molecule has 0 aromatic heterocycles. The normalized spacial score (nSPS) is 27.4. The van der Waals surface area contributed by atoms with Crippen LogP contribution in [-0.4, -0.2) is 33.1 Å². The Balaban J connectivity index is 1.65. The molecule has 0 spiro atoms. The molecule has 1 aromatic carbocycles. The van der Waals surface area contributed by atoms with Crippen molar-refractivity contribution in [2.75, 3.05) is 25.7 Å². The van der Waals surface area contributed by atoms with Gasteiger partial charge in [-0.1, -0.05) is 6.08 Å². The molecule has 3 aliphatic rings. The molecule has 0 radical (unpaired) electrons. The molecule has 1 saturated carbocycles. The van der Waals surface area contributed by atoms with Gasteiger partial charge in [0.05, 0.1) is 13.7 Å². The first kappa shape index (κ1) is 13.4. The van der Waals surface area contributed by atoms with Gasteiger partial charge in [0.25, 0.3) is 0 Å². The number of hydrogen-bond acceptors (Lipinski definition) is 4. The number of allylic oxidation sites excluding steroid dienone is 2. The molecule has 22 heavy (non-hydrogen) atoms. The maximum Gasteiger partial charge on any atom is 0.413 e. The second kappa shape index (κ2) is 4.87. The van der Waals surface area contributed by atoms with Gasteiger partial charge in [-0.15, -0.1) is 0 Å². The van der Waals surface area contributed by atoms with Gasteiger partial charge in [-0.3, -0.25) is 9.89 Å². The summed E-state index contributed by atoms with van der Waals surface area (Å²) < 4.78 is 10.7. The van der Waals surface area contributed by atoms with E-state index in [0.29, 0.717) is 17.8 Å². The van der Waals surface area contributed by atoms with Gasteiger partial charge in [0.2, 0.25) is 0 Å². The lowest BCUT2D eigenvalue weighted by atomic mass is 10.0. The number of aliphatic imine (C=N–C) groups is 1. The molecule has 4 rings (SSSR count). The van der Waals surface area contributed by atoms with Gasteiger partial charge >= 0.3 is 6.09 Å². The van der Waals surface area contributed by atoms with Crippen LogP contribution in [-0.2, 0) is 4.74 Å². The highest BCUT2D eigenvalue weighted by atomic mass is 16.5. The molecular formula is C17H18N2O3. The summed E-state index contributed by atoms with van der Waals surface area (Å²) in [6, 6.07) is 5.88. The fraction of sp³-hybridized carbons (Fsp3) is 0.412. The first-order valence-corrected chi connectivity index (χ1v) is 7.51. The third kappa shape index (κ3) is 1.92. The Hall–Kier alpha value is -2.30. The summed E-state index contributed by atoms with van der Waals surface area (Å²) in [7, 11) is 3.10. The van der Waals surface area contributed by atoms with Crippen molar-refractivity contribution in [1.29, 1.82) is 0 Å². The Morgan fingerprint density at radius 1 is 1.41 bits per heavy atom. The molecule has 1 aromatic rings. The number of fused-ring (bicyclic) bond motifs is 3. The average Bonchev–Trinajstić information content (AvgIpc) is 3.05. The highest BCUT2D eigenvalue weighted by molar-refractivity contribution is 5.87. The first-order valence-electron chi connectivity index (χ1n) is 7.51. The molecule has 0 unspecified atom stereocenters. The van der Waals surface area contributed by atoms with Gasteiger partial charge in [0, 0.05) is 54.4 Å². The molecule has 0 N–H and O–H groups in total. The highest BCUT2D eigenvalue weighted by Gasteiger charge is 2.56. The summed E-state index contributed by atoms with van der Waals surface area (Å²) in [5.41, 5.74) is 3.19. The molecule has 3 atom stereocenters. The molecular weight excluding hydrogens is 280 g/mol. The Kier molecular flexibility index (Phi) is 2.96. The van der Waals surface area contributed by atoms with Crippen LogP contribution in [0.3, 0.4) is 0 Å². The molecule has 5 nitrogen and oxygen atoms in total. The SMILES string of the molecule is COC(=O)N(C)c1ccc2c(c1)[C@@H]1[C@H](CO2)[C@H]1C1=CCC=N1. The zero-order chi connectivity index (χ0) is 15.3. The van der Waals surface area contributed by atoms with Crippen LogP contribution in [0.25, 0.3) is 0 Å². The van der Waals surface area contributed by atoms with E-state index in [9.17, 15) is 4.79 Å². The van der Waals surface area contributed by atoms with Gasteiger partial charge < -0.3 is 9.47 Å². The van der Waals surface area contributed by atoms with Crippen LogP contribution in [0, 0.1) is 11.8 Å². The fourth-order valence-electron chi connectivity index (χ4n) is 3.58. The van der Waals surface area contributed by atoms with Crippen LogP contribution in [0.1, 0.15) is 17.9 Å². The van der Waals surface area contributed by atoms with Crippen LogP contribution in [0.5, 0.6) is 5.75 Å². The number of benzene rings is 1. The molecule has 1 fully saturated rings. The quantitative estimate of drug-likeness (QED) is 0.843. The third-order valence-corrected chi connectivity index (χ3v) is 4.80. The maximum atomic E-state index is 11.7. The van der Waals surface area contributed by atoms with Crippen LogP contribution >= 0.6 is 0 Å². The number of anilines is 1. The molecule has 2 aliphatic heterocycles. The number of methoxy groups -OCH3 is 1. The van der Waals surface area contributed by atoms with E-state index in [1.807, 2.05) is 24.4 Å². The molecule has 2 heterocycles. The zero-order valence-electron chi connectivity index (χ0n) is 12.7. The van der Waals surface area contributed by atoms with Gasteiger partial charge in [0.1, 0.15) is 5.75 Å². The predicted octanol–water partition coefficient (Wildman–Crippen LogP) is 2.97. The number of rotatable bonds is 2. The zero-order valence-corrected chi connectivity index (χ0v) is 12.7. The van der Waals surface area contributed by atoms with E-state index in [1.54, 1.807) is 7.05 Å². The summed E-state index contributed by atoms with van der Waals surface area (Å²) >= 11 is 0. The highest BCUT2D eigenvalue weighted by Crippen LogP contribution is 2.62. The fourth-order valence-corrected chi connectivity index (χ4v) is 3.58. The number of amides is 1. The first-order chi connectivity index (χ1) is 10.7. The summed E-state index contributed by atoms with van der Waals surface area (Å²) in [5, 5.41) is 0. The summed E-state index contributed by atoms with van der Waals surface area (Å²) in [5.74, 6) is 2.34. The minimum atomic E-state index is -0.372. The monoisotopic (exact) mass is 298 g/mol. The van der Waals surface area contributed by atoms with Crippen LogP contribution in [0.2, 0.25) is 0 Å². The van der Waals surface area contributed by atoms with Gasteiger partial charge in [0.15, 0.2) is 0 Å². The lowest BCUT2D eigenvalue weighted by molar-refractivity contribution is 0.180. The number of carbonyl (C=O) groups excluding carboxylic acids is 1. The lowest BCUT2D eigenvalue weighted by Crippen LogP contribution is -2.26. The summed E-state index contributed by atoms with van der Waals surface area (Å²) in [6.45, 7) is 0.751. The van der Waals surface area contributed by atoms with Crippen molar-refractivity contribution in [3.05, 3.63) is 35.5 Å². The number of nitrogens with zero attached hydrogens (tertiary/aromatic N) is 2. The van der Waals surface area contributed by atoms with Crippen molar-refractivity contribution in [3.63, 3.8) is 0 Å². The van der Waals surface area contributed by atoms with Gasteiger partial charge in [-0.25, -0.2) is 4.79 Å². The Morgan fingerprint density at radius 2 is 2.27 bits per heavy atom. The smallest absolute Gasteiger partial charge is 0.413 e. The number of carbonyl (C=O) groups is 1. The van der Waals surface area contributed by atoms with Crippen molar-refractivity contribution in [1.82, 2.24) is 0 Å². The van der Waals surface area contributed by atoms with E-state index >= 15 is 0 Å². The largest absolute Gasteiger partial charge is 0.493 e. The van der Waals surface area contributed by atoms with Gasteiger partial charge in [-0.2, -0.15) is 0 Å². The Bertz CT molecular complexity index is 695. The second-order valence-corrected chi connectivity index (χ2v) is 5.95. The van der Waals surface area contributed by atoms with Crippen molar-refractivity contribution in [3.8, 4) is 5.75 Å². The topological polar surface area (TPSA) is 51.1 Å². The standard InChI is InChI=1S/C17H18N2O3/c1-19(17(20)21-2)10-5-6-14-11(8-10)15-12(9-22-14)16(15)13-4-3-7-18-13/h4-8,12,15-16H,3,9H2,1-2H3/t12-,15+,16-/m0/s1. The van der Waals surface area contributed by atoms with E-state index in [-0.39, 0.29) is 6.09 Å². The maximum absolute atomic E-state index is 11.7. The van der Waals surface area contributed by atoms with Crippen LogP contribution < -0.4 is 9.64 Å². The van der Waals surface area contributed by atoms with Crippen molar-refractivity contribution >= 4 is 18.0 Å². The van der Waals surface area contributed by atoms with E-state index in [1.165, 1.54) is 23.3 Å². The average molecular weight is 298 g/mol. The molecule has 1 amide bonds. The Labute approximate surface area is 129 Å². The number of hydrogen-bond donors (Lipinski definition) is 0. The second-order valence-electron chi connectivity index (χ2n) is 5.95. The van der Waals surface area contributed by atoms with Crippen molar-refractivity contribution in [2.24, 2.45) is 16.8 Å². The van der Waals surface area contributed by atoms with E-state index < -0.39 is 0 Å². The van der Waals surface area contributed by atoms with Gasteiger partial charge in [-0.05, 0) is 18.2 Å². The summed E-state index contributed by atoms with van der Waals surface area (Å²) in [4.78, 5) is 17.7. The molecule has 0 bridgehead atoms. The van der Waals surface area contributed by atoms with Crippen molar-refractivity contribution in [2.45, 2.75) is 12.3 Å². The van der Waals surface area contributed by atoms with Crippen LogP contribution in [0.4, 0.5) is 10.5 Å². The minimum Gasteiger partial charge on any atom is -0.493 e. The number of ether oxygens (including phenoxy) is 2. The Morgan fingerprint density at radius 3 is 3.00 bits per heavy atom. The van der Waals surface area contributed by atoms with Crippen LogP contribution in [0.15, 0.2) is 35.0 Å². The summed E-state index contributed by atoms with van der Waals surface area (Å²) in [6.07, 6.45) is 4.73. The minimum absolute atomic E-state index is 0.372. The lowest BCUT2D eigenvalue weighted by Gasteiger charge is -2.20. The molecule has 5 heteroatoms. The van der Waals surface area contributed by atoms with Crippen molar-refractivity contribution < 1.29 is 14.3 Å². The predicted molar refractivity (Wildman–Crippen MR) is 83.7 cm³/mol. The molecule has 1 aliphatic carbocycles. The molecule has 114 valence electrons. The molecule has 0 saturated heterocycles. The van der Waals surface area contributed by atoms with E-state index in [4.69, 9.17) is 9.47 Å². The van der Waals surface area contributed by atoms with E-state index in [2.05, 4.69) is 11.1 Å².